The highest BCUT2D eigenvalue weighted by atomic mass is 35.5. The van der Waals surface area contributed by atoms with Crippen LogP contribution < -0.4 is 4.74 Å². The number of carbonyl (C=O) groups excluding carboxylic acids is 1. The van der Waals surface area contributed by atoms with E-state index in [1.165, 1.54) is 5.56 Å². The Labute approximate surface area is 195 Å². The minimum atomic E-state index is -0.233. The first-order chi connectivity index (χ1) is 15.4. The number of aryl methyl sites for hydroxylation is 2. The zero-order valence-corrected chi connectivity index (χ0v) is 19.8. The lowest BCUT2D eigenvalue weighted by Crippen LogP contribution is -2.50. The molecule has 0 radical (unpaired) electrons. The van der Waals surface area contributed by atoms with Crippen molar-refractivity contribution in [2.45, 2.75) is 32.7 Å². The van der Waals surface area contributed by atoms with Gasteiger partial charge < -0.3 is 14.4 Å². The molecule has 2 fully saturated rings. The summed E-state index contributed by atoms with van der Waals surface area (Å²) < 4.78 is 13.5. The van der Waals surface area contributed by atoms with Crippen molar-refractivity contribution in [1.29, 1.82) is 0 Å². The fraction of sp³-hybridized carbons (Fsp3) is 0.583. The van der Waals surface area contributed by atoms with Gasteiger partial charge in [-0.05, 0) is 50.1 Å². The Bertz CT molecular complexity index is 928. The summed E-state index contributed by atoms with van der Waals surface area (Å²) >= 11 is 6.18. The molecule has 8 heteroatoms. The van der Waals surface area contributed by atoms with Crippen LogP contribution in [0.4, 0.5) is 0 Å². The second-order valence-electron chi connectivity index (χ2n) is 9.21. The Hall–Kier alpha value is -2.09. The van der Waals surface area contributed by atoms with Crippen LogP contribution in [0.1, 0.15) is 30.4 Å². The average Bonchev–Trinajstić information content (AvgIpc) is 3.20. The van der Waals surface area contributed by atoms with Crippen LogP contribution in [0, 0.1) is 12.3 Å². The van der Waals surface area contributed by atoms with Crippen LogP contribution in [-0.4, -0.2) is 71.5 Å². The fourth-order valence-corrected chi connectivity index (χ4v) is 4.88. The van der Waals surface area contributed by atoms with Crippen molar-refractivity contribution in [2.24, 2.45) is 12.5 Å². The van der Waals surface area contributed by atoms with Gasteiger partial charge in [0.15, 0.2) is 0 Å². The molecule has 1 atom stereocenters. The molecule has 1 amide bonds. The summed E-state index contributed by atoms with van der Waals surface area (Å²) in [5.74, 6) is 1.00. The number of piperidine rings is 1. The van der Waals surface area contributed by atoms with Gasteiger partial charge in [0.25, 0.3) is 0 Å². The first kappa shape index (κ1) is 23.1. The number of hydrogen-bond acceptors (Lipinski definition) is 5. The zero-order chi connectivity index (χ0) is 22.6. The van der Waals surface area contributed by atoms with E-state index in [-0.39, 0.29) is 11.3 Å². The number of halogens is 1. The number of amides is 1. The molecule has 0 bridgehead atoms. The van der Waals surface area contributed by atoms with Gasteiger partial charge in [-0.3, -0.25) is 14.4 Å². The summed E-state index contributed by atoms with van der Waals surface area (Å²) in [5.41, 5.74) is 1.95. The standard InChI is InChI=1S/C24H33ClN4O3/c1-19-12-21(4-5-22(19)25)32-18-24(13-23(30)29-8-10-31-11-9-29)6-3-7-28(17-24)16-20-14-26-27(2)15-20/h4-5,12,14-15H,3,6-11,13,16-18H2,1-2H3/t24-/m1/s1. The molecule has 2 aromatic rings. The highest BCUT2D eigenvalue weighted by Crippen LogP contribution is 2.36. The molecule has 32 heavy (non-hydrogen) atoms. The molecule has 0 N–H and O–H groups in total. The van der Waals surface area contributed by atoms with Gasteiger partial charge in [0, 0.05) is 61.8 Å². The highest BCUT2D eigenvalue weighted by Gasteiger charge is 2.39. The maximum Gasteiger partial charge on any atom is 0.223 e. The molecule has 0 unspecified atom stereocenters. The first-order valence-corrected chi connectivity index (χ1v) is 11.7. The van der Waals surface area contributed by atoms with E-state index in [0.717, 1.165) is 48.8 Å². The summed E-state index contributed by atoms with van der Waals surface area (Å²) in [6, 6.07) is 5.74. The smallest absolute Gasteiger partial charge is 0.223 e. The van der Waals surface area contributed by atoms with Gasteiger partial charge in [0.1, 0.15) is 5.75 Å². The SMILES string of the molecule is Cc1cc(OC[C@@]2(CC(=O)N3CCOCC3)CCCN(Cc3cnn(C)c3)C2)ccc1Cl. The second-order valence-corrected chi connectivity index (χ2v) is 9.61. The molecule has 2 aliphatic heterocycles. The van der Waals surface area contributed by atoms with Gasteiger partial charge in [-0.2, -0.15) is 5.10 Å². The number of carbonyl (C=O) groups is 1. The Morgan fingerprint density at radius 2 is 2.09 bits per heavy atom. The van der Waals surface area contributed by atoms with Crippen molar-refractivity contribution in [3.05, 3.63) is 46.7 Å². The number of morpholine rings is 1. The van der Waals surface area contributed by atoms with Crippen molar-refractivity contribution in [3.8, 4) is 5.75 Å². The molecule has 1 aromatic heterocycles. The van der Waals surface area contributed by atoms with E-state index in [4.69, 9.17) is 21.1 Å². The van der Waals surface area contributed by atoms with Gasteiger partial charge in [-0.25, -0.2) is 0 Å². The molecular weight excluding hydrogens is 428 g/mol. The molecule has 2 saturated heterocycles. The number of hydrogen-bond donors (Lipinski definition) is 0. The molecule has 0 spiro atoms. The van der Waals surface area contributed by atoms with E-state index >= 15 is 0 Å². The number of ether oxygens (including phenoxy) is 2. The Morgan fingerprint density at radius 3 is 2.81 bits per heavy atom. The lowest BCUT2D eigenvalue weighted by molar-refractivity contribution is -0.139. The van der Waals surface area contributed by atoms with Gasteiger partial charge in [-0.15, -0.1) is 0 Å². The molecule has 174 valence electrons. The molecule has 0 saturated carbocycles. The van der Waals surface area contributed by atoms with Crippen molar-refractivity contribution in [3.63, 3.8) is 0 Å². The number of aromatic nitrogens is 2. The van der Waals surface area contributed by atoms with E-state index in [1.54, 1.807) is 0 Å². The van der Waals surface area contributed by atoms with Crippen molar-refractivity contribution in [1.82, 2.24) is 19.6 Å². The average molecular weight is 461 g/mol. The predicted molar refractivity (Wildman–Crippen MR) is 124 cm³/mol. The third-order valence-electron chi connectivity index (χ3n) is 6.47. The van der Waals surface area contributed by atoms with Crippen LogP contribution in [0.15, 0.2) is 30.6 Å². The highest BCUT2D eigenvalue weighted by molar-refractivity contribution is 6.31. The molecule has 3 heterocycles. The van der Waals surface area contributed by atoms with Gasteiger partial charge >= 0.3 is 0 Å². The summed E-state index contributed by atoms with van der Waals surface area (Å²) in [7, 11) is 1.94. The molecule has 4 rings (SSSR count). The van der Waals surface area contributed by atoms with Gasteiger partial charge in [0.2, 0.25) is 5.91 Å². The van der Waals surface area contributed by atoms with Crippen molar-refractivity contribution < 1.29 is 14.3 Å². The molecule has 1 aromatic carbocycles. The lowest BCUT2D eigenvalue weighted by Gasteiger charge is -2.43. The van der Waals surface area contributed by atoms with E-state index in [0.29, 0.717) is 39.3 Å². The summed E-state index contributed by atoms with van der Waals surface area (Å²) in [4.78, 5) is 17.6. The van der Waals surface area contributed by atoms with E-state index in [2.05, 4.69) is 16.2 Å². The van der Waals surface area contributed by atoms with Crippen LogP contribution in [0.2, 0.25) is 5.02 Å². The van der Waals surface area contributed by atoms with Crippen LogP contribution in [-0.2, 0) is 23.1 Å². The largest absolute Gasteiger partial charge is 0.493 e. The van der Waals surface area contributed by atoms with E-state index < -0.39 is 0 Å². The summed E-state index contributed by atoms with van der Waals surface area (Å²) in [5, 5.41) is 5.03. The fourth-order valence-electron chi connectivity index (χ4n) is 4.76. The maximum atomic E-state index is 13.2. The second kappa shape index (κ2) is 10.2. The zero-order valence-electron chi connectivity index (χ0n) is 19.1. The minimum Gasteiger partial charge on any atom is -0.493 e. The third-order valence-corrected chi connectivity index (χ3v) is 6.89. The molecule has 7 nitrogen and oxygen atoms in total. The molecule has 0 aliphatic carbocycles. The number of likely N-dealkylation sites (tertiary alicyclic amines) is 1. The third kappa shape index (κ3) is 5.82. The van der Waals surface area contributed by atoms with Crippen molar-refractivity contribution >= 4 is 17.5 Å². The number of nitrogens with zero attached hydrogens (tertiary/aromatic N) is 4. The maximum absolute atomic E-state index is 13.2. The van der Waals surface area contributed by atoms with Crippen LogP contribution in [0.5, 0.6) is 5.75 Å². The summed E-state index contributed by atoms with van der Waals surface area (Å²) in [6.45, 7) is 7.74. The van der Waals surface area contributed by atoms with Crippen LogP contribution >= 0.6 is 11.6 Å². The number of benzene rings is 1. The van der Waals surface area contributed by atoms with Gasteiger partial charge in [-0.1, -0.05) is 11.6 Å². The Balaban J connectivity index is 1.49. The molecule has 2 aliphatic rings. The predicted octanol–water partition coefficient (Wildman–Crippen LogP) is 3.29. The van der Waals surface area contributed by atoms with Crippen LogP contribution in [0.25, 0.3) is 0 Å². The monoisotopic (exact) mass is 460 g/mol. The minimum absolute atomic E-state index is 0.201. The van der Waals surface area contributed by atoms with Gasteiger partial charge in [0.05, 0.1) is 26.0 Å². The van der Waals surface area contributed by atoms with Crippen LogP contribution in [0.3, 0.4) is 0 Å². The topological polar surface area (TPSA) is 59.8 Å². The first-order valence-electron chi connectivity index (χ1n) is 11.4. The Kier molecular flexibility index (Phi) is 7.38. The van der Waals surface area contributed by atoms with Crippen molar-refractivity contribution in [2.75, 3.05) is 46.0 Å². The number of rotatable bonds is 7. The molecular formula is C24H33ClN4O3. The lowest BCUT2D eigenvalue weighted by atomic mass is 9.77. The normalized spacial score (nSPS) is 22.2. The van der Waals surface area contributed by atoms with E-state index in [1.807, 2.05) is 47.9 Å². The quantitative estimate of drug-likeness (QED) is 0.634. The van der Waals surface area contributed by atoms with E-state index in [9.17, 15) is 4.79 Å². The summed E-state index contributed by atoms with van der Waals surface area (Å²) in [6.07, 6.45) is 6.48. The Morgan fingerprint density at radius 1 is 1.28 bits per heavy atom.